The van der Waals surface area contributed by atoms with Crippen molar-refractivity contribution in [2.75, 3.05) is 7.11 Å². The van der Waals surface area contributed by atoms with E-state index in [0.717, 1.165) is 5.52 Å². The number of phenols is 1. The molecular formula is C18H14N2O4. The van der Waals surface area contributed by atoms with Crippen LogP contribution in [-0.4, -0.2) is 22.6 Å². The Bertz CT molecular complexity index is 953. The van der Waals surface area contributed by atoms with Gasteiger partial charge in [0.05, 0.1) is 18.2 Å². The zero-order chi connectivity index (χ0) is 17.1. The van der Waals surface area contributed by atoms with Crippen molar-refractivity contribution in [2.24, 2.45) is 0 Å². The standard InChI is InChI=1S/C18H14N2O4/c1-23-13-5-6-14(17(21)8-13)18(22)24-11-12-10-20-7-3-2-4-16(20)15(12)9-19/h2-8,10,21H,11H2,1H3. The SMILES string of the molecule is COc1ccc(C(=O)OCc2cn3ccccc3c2C#N)c(O)c1. The van der Waals surface area contributed by atoms with Crippen LogP contribution in [0, 0.1) is 11.3 Å². The third kappa shape index (κ3) is 2.75. The number of nitrogens with zero attached hydrogens (tertiary/aromatic N) is 2. The van der Waals surface area contributed by atoms with Crippen LogP contribution >= 0.6 is 0 Å². The predicted molar refractivity (Wildman–Crippen MR) is 85.9 cm³/mol. The van der Waals surface area contributed by atoms with Gasteiger partial charge in [0, 0.05) is 24.0 Å². The highest BCUT2D eigenvalue weighted by molar-refractivity contribution is 5.92. The van der Waals surface area contributed by atoms with E-state index < -0.39 is 5.97 Å². The Morgan fingerprint density at radius 3 is 2.88 bits per heavy atom. The Balaban J connectivity index is 1.81. The van der Waals surface area contributed by atoms with Crippen LogP contribution in [0.1, 0.15) is 21.5 Å². The minimum Gasteiger partial charge on any atom is -0.507 e. The first kappa shape index (κ1) is 15.4. The maximum Gasteiger partial charge on any atom is 0.342 e. The minimum atomic E-state index is -0.672. The number of carbonyl (C=O) groups is 1. The Morgan fingerprint density at radius 2 is 2.17 bits per heavy atom. The zero-order valence-electron chi connectivity index (χ0n) is 12.9. The van der Waals surface area contributed by atoms with Gasteiger partial charge in [-0.1, -0.05) is 6.07 Å². The van der Waals surface area contributed by atoms with Crippen LogP contribution in [0.4, 0.5) is 0 Å². The summed E-state index contributed by atoms with van der Waals surface area (Å²) in [5.74, 6) is -0.453. The molecule has 0 atom stereocenters. The molecule has 6 nitrogen and oxygen atoms in total. The normalized spacial score (nSPS) is 10.3. The molecule has 0 amide bonds. The molecule has 0 aliphatic heterocycles. The summed E-state index contributed by atoms with van der Waals surface area (Å²) in [6, 6.07) is 12.0. The number of esters is 1. The number of aromatic hydroxyl groups is 1. The molecule has 0 radical (unpaired) electrons. The van der Waals surface area contributed by atoms with Crippen molar-refractivity contribution >= 4 is 11.5 Å². The number of pyridine rings is 1. The van der Waals surface area contributed by atoms with E-state index in [0.29, 0.717) is 16.9 Å². The first-order chi connectivity index (χ1) is 11.6. The minimum absolute atomic E-state index is 0.0399. The van der Waals surface area contributed by atoms with E-state index in [4.69, 9.17) is 9.47 Å². The molecule has 0 saturated carbocycles. The molecule has 1 N–H and O–H groups in total. The summed E-state index contributed by atoms with van der Waals surface area (Å²) < 4.78 is 12.0. The first-order valence-electron chi connectivity index (χ1n) is 7.17. The lowest BCUT2D eigenvalue weighted by Crippen LogP contribution is -2.06. The molecule has 24 heavy (non-hydrogen) atoms. The van der Waals surface area contributed by atoms with Crippen LogP contribution in [0.15, 0.2) is 48.8 Å². The number of phenolic OH excluding ortho intramolecular Hbond substituents is 1. The van der Waals surface area contributed by atoms with Gasteiger partial charge in [0.25, 0.3) is 0 Å². The highest BCUT2D eigenvalue weighted by atomic mass is 16.5. The number of rotatable bonds is 4. The second-order valence-corrected chi connectivity index (χ2v) is 5.09. The lowest BCUT2D eigenvalue weighted by molar-refractivity contribution is 0.0469. The molecule has 120 valence electrons. The lowest BCUT2D eigenvalue weighted by Gasteiger charge is -2.07. The highest BCUT2D eigenvalue weighted by Gasteiger charge is 2.16. The Morgan fingerprint density at radius 1 is 1.33 bits per heavy atom. The van der Waals surface area contributed by atoms with Crippen molar-refractivity contribution in [3.05, 3.63) is 65.5 Å². The van der Waals surface area contributed by atoms with E-state index in [1.165, 1.54) is 19.2 Å². The molecule has 0 saturated heterocycles. The quantitative estimate of drug-likeness (QED) is 0.747. The van der Waals surface area contributed by atoms with Gasteiger partial charge in [-0.3, -0.25) is 0 Å². The van der Waals surface area contributed by atoms with Gasteiger partial charge in [-0.05, 0) is 24.3 Å². The lowest BCUT2D eigenvalue weighted by atomic mass is 10.2. The number of aromatic nitrogens is 1. The van der Waals surface area contributed by atoms with Crippen molar-refractivity contribution in [1.82, 2.24) is 4.40 Å². The fourth-order valence-electron chi connectivity index (χ4n) is 2.45. The molecule has 0 fully saturated rings. The first-order valence-corrected chi connectivity index (χ1v) is 7.17. The molecule has 6 heteroatoms. The van der Waals surface area contributed by atoms with Gasteiger partial charge >= 0.3 is 5.97 Å². The Labute approximate surface area is 138 Å². The molecule has 0 aliphatic carbocycles. The van der Waals surface area contributed by atoms with Gasteiger partial charge in [-0.25, -0.2) is 4.79 Å². The number of hydrogen-bond acceptors (Lipinski definition) is 5. The molecule has 0 aliphatic rings. The Hall–Kier alpha value is -3.46. The second-order valence-electron chi connectivity index (χ2n) is 5.09. The third-order valence-corrected chi connectivity index (χ3v) is 3.66. The maximum atomic E-state index is 12.1. The van der Waals surface area contributed by atoms with Gasteiger partial charge in [0.15, 0.2) is 0 Å². The monoisotopic (exact) mass is 322 g/mol. The van der Waals surface area contributed by atoms with Gasteiger partial charge in [0.2, 0.25) is 0 Å². The maximum absolute atomic E-state index is 12.1. The summed E-state index contributed by atoms with van der Waals surface area (Å²) in [5.41, 5.74) is 1.85. The van der Waals surface area contributed by atoms with E-state index in [1.807, 2.05) is 24.4 Å². The van der Waals surface area contributed by atoms with E-state index in [2.05, 4.69) is 6.07 Å². The number of methoxy groups -OCH3 is 1. The van der Waals surface area contributed by atoms with Crippen molar-refractivity contribution in [3.8, 4) is 17.6 Å². The fourth-order valence-corrected chi connectivity index (χ4v) is 2.45. The Kier molecular flexibility index (Phi) is 4.08. The summed E-state index contributed by atoms with van der Waals surface area (Å²) in [6.45, 7) is -0.0606. The smallest absolute Gasteiger partial charge is 0.342 e. The molecule has 3 rings (SSSR count). The second kappa shape index (κ2) is 6.34. The van der Waals surface area contributed by atoms with E-state index in [1.54, 1.807) is 16.7 Å². The summed E-state index contributed by atoms with van der Waals surface area (Å²) in [5, 5.41) is 19.2. The van der Waals surface area contributed by atoms with Crippen molar-refractivity contribution in [3.63, 3.8) is 0 Å². The molecule has 2 heterocycles. The van der Waals surface area contributed by atoms with Crippen LogP contribution in [0.3, 0.4) is 0 Å². The summed E-state index contributed by atoms with van der Waals surface area (Å²) >= 11 is 0. The largest absolute Gasteiger partial charge is 0.507 e. The third-order valence-electron chi connectivity index (χ3n) is 3.66. The predicted octanol–water partition coefficient (Wildman–Crippen LogP) is 2.88. The van der Waals surface area contributed by atoms with Crippen LogP contribution in [0.25, 0.3) is 5.52 Å². The van der Waals surface area contributed by atoms with Gasteiger partial charge in [-0.2, -0.15) is 5.26 Å². The average Bonchev–Trinajstić information content (AvgIpc) is 2.96. The summed E-state index contributed by atoms with van der Waals surface area (Å²) in [6.07, 6.45) is 3.56. The number of hydrogen-bond donors (Lipinski definition) is 1. The van der Waals surface area contributed by atoms with Crippen molar-refractivity contribution in [2.45, 2.75) is 6.61 Å². The molecule has 1 aromatic carbocycles. The van der Waals surface area contributed by atoms with E-state index in [9.17, 15) is 15.2 Å². The fraction of sp³-hybridized carbons (Fsp3) is 0.111. The number of carbonyl (C=O) groups excluding carboxylic acids is 1. The summed E-state index contributed by atoms with van der Waals surface area (Å²) in [4.78, 5) is 12.1. The number of fused-ring (bicyclic) bond motifs is 1. The van der Waals surface area contributed by atoms with E-state index >= 15 is 0 Å². The molecule has 0 unspecified atom stereocenters. The topological polar surface area (TPSA) is 84.0 Å². The van der Waals surface area contributed by atoms with Gasteiger partial charge < -0.3 is 19.0 Å². The molecule has 0 bridgehead atoms. The van der Waals surface area contributed by atoms with Crippen LogP contribution in [0.2, 0.25) is 0 Å². The molecule has 3 aromatic rings. The highest BCUT2D eigenvalue weighted by Crippen LogP contribution is 2.25. The molecule has 2 aromatic heterocycles. The van der Waals surface area contributed by atoms with Crippen LogP contribution in [-0.2, 0) is 11.3 Å². The van der Waals surface area contributed by atoms with E-state index in [-0.39, 0.29) is 17.9 Å². The molecule has 0 spiro atoms. The molecular weight excluding hydrogens is 308 g/mol. The average molecular weight is 322 g/mol. The van der Waals surface area contributed by atoms with Gasteiger partial charge in [0.1, 0.15) is 29.7 Å². The van der Waals surface area contributed by atoms with Crippen LogP contribution < -0.4 is 4.74 Å². The number of ether oxygens (including phenoxy) is 2. The van der Waals surface area contributed by atoms with Crippen LogP contribution in [0.5, 0.6) is 11.5 Å². The van der Waals surface area contributed by atoms with Crippen molar-refractivity contribution in [1.29, 1.82) is 5.26 Å². The number of benzene rings is 1. The number of nitriles is 1. The summed E-state index contributed by atoms with van der Waals surface area (Å²) in [7, 11) is 1.47. The zero-order valence-corrected chi connectivity index (χ0v) is 12.9. The van der Waals surface area contributed by atoms with Crippen molar-refractivity contribution < 1.29 is 19.4 Å². The van der Waals surface area contributed by atoms with Gasteiger partial charge in [-0.15, -0.1) is 0 Å².